The molecular formula is C21H22N6O6S. The molecule has 0 atom stereocenters. The van der Waals surface area contributed by atoms with Crippen molar-refractivity contribution >= 4 is 20.9 Å². The molecule has 1 saturated carbocycles. The van der Waals surface area contributed by atoms with Crippen LogP contribution in [0.2, 0.25) is 0 Å². The summed E-state index contributed by atoms with van der Waals surface area (Å²) in [6.07, 6.45) is 1.49. The molecule has 0 unspecified atom stereocenters. The Bertz CT molecular complexity index is 1640. The normalized spacial score (nSPS) is 15.1. The fraction of sp³-hybridized carbons (Fsp3) is 0.381. The van der Waals surface area contributed by atoms with Gasteiger partial charge in [0.15, 0.2) is 11.6 Å². The number of nitrogens with one attached hydrogen (secondary N) is 1. The first-order valence-electron chi connectivity index (χ1n) is 10.6. The van der Waals surface area contributed by atoms with Crippen LogP contribution < -0.4 is 16.0 Å². The highest BCUT2D eigenvalue weighted by molar-refractivity contribution is 7.89. The SMILES string of the molecule is Cc1cc(Cn2c(=O)c3cc(S(=O)(=O)NC4(C)CC4)ccc3n(Cc3noc(C)n3)c2=O)on1. The van der Waals surface area contributed by atoms with Gasteiger partial charge in [0.05, 0.1) is 34.6 Å². The van der Waals surface area contributed by atoms with E-state index < -0.39 is 26.8 Å². The van der Waals surface area contributed by atoms with Gasteiger partial charge >= 0.3 is 5.69 Å². The number of rotatable bonds is 7. The average molecular weight is 487 g/mol. The van der Waals surface area contributed by atoms with Gasteiger partial charge in [-0.05, 0) is 44.9 Å². The van der Waals surface area contributed by atoms with Crippen LogP contribution in [0.1, 0.15) is 42.9 Å². The number of sulfonamides is 1. The molecule has 1 N–H and O–H groups in total. The maximum atomic E-state index is 13.4. The molecule has 3 aromatic heterocycles. The number of aromatic nitrogens is 5. The topological polar surface area (TPSA) is 155 Å². The third-order valence-electron chi connectivity index (χ3n) is 5.75. The monoisotopic (exact) mass is 486 g/mol. The highest BCUT2D eigenvalue weighted by atomic mass is 32.2. The molecular weight excluding hydrogens is 464 g/mol. The second kappa shape index (κ2) is 7.74. The lowest BCUT2D eigenvalue weighted by atomic mass is 10.2. The van der Waals surface area contributed by atoms with E-state index in [1.807, 2.05) is 6.92 Å². The fourth-order valence-electron chi connectivity index (χ4n) is 3.73. The molecule has 1 aliphatic carbocycles. The van der Waals surface area contributed by atoms with Gasteiger partial charge in [-0.1, -0.05) is 10.3 Å². The molecule has 13 heteroatoms. The first-order chi connectivity index (χ1) is 16.0. The van der Waals surface area contributed by atoms with Gasteiger partial charge < -0.3 is 9.05 Å². The molecule has 3 heterocycles. The van der Waals surface area contributed by atoms with E-state index in [0.29, 0.717) is 17.3 Å². The summed E-state index contributed by atoms with van der Waals surface area (Å²) < 4.78 is 41.0. The van der Waals surface area contributed by atoms with Crippen LogP contribution in [0.4, 0.5) is 0 Å². The Morgan fingerprint density at radius 1 is 1.06 bits per heavy atom. The number of aryl methyl sites for hydroxylation is 2. The van der Waals surface area contributed by atoms with Gasteiger partial charge in [-0.3, -0.25) is 13.9 Å². The van der Waals surface area contributed by atoms with Crippen LogP contribution in [0.5, 0.6) is 0 Å². The molecule has 0 aliphatic heterocycles. The van der Waals surface area contributed by atoms with E-state index in [-0.39, 0.29) is 34.7 Å². The molecule has 1 aromatic carbocycles. The molecule has 0 amide bonds. The van der Waals surface area contributed by atoms with E-state index >= 15 is 0 Å². The smallest absolute Gasteiger partial charge is 0.332 e. The Morgan fingerprint density at radius 2 is 1.82 bits per heavy atom. The average Bonchev–Trinajstić information content (AvgIpc) is 3.14. The Kier molecular flexibility index (Phi) is 5.06. The van der Waals surface area contributed by atoms with Crippen molar-refractivity contribution in [3.63, 3.8) is 0 Å². The molecule has 5 rings (SSSR count). The minimum Gasteiger partial charge on any atom is -0.359 e. The molecule has 12 nitrogen and oxygen atoms in total. The van der Waals surface area contributed by atoms with Crippen molar-refractivity contribution in [1.29, 1.82) is 0 Å². The Labute approximate surface area is 193 Å². The van der Waals surface area contributed by atoms with E-state index in [9.17, 15) is 18.0 Å². The first-order valence-corrected chi connectivity index (χ1v) is 12.1. The van der Waals surface area contributed by atoms with Gasteiger partial charge in [-0.25, -0.2) is 17.9 Å². The zero-order valence-electron chi connectivity index (χ0n) is 18.7. The zero-order valence-corrected chi connectivity index (χ0v) is 19.5. The molecule has 1 fully saturated rings. The number of fused-ring (bicyclic) bond motifs is 1. The van der Waals surface area contributed by atoms with E-state index in [1.54, 1.807) is 19.9 Å². The largest absolute Gasteiger partial charge is 0.359 e. The molecule has 0 bridgehead atoms. The maximum absolute atomic E-state index is 13.4. The van der Waals surface area contributed by atoms with Gasteiger partial charge in [0.25, 0.3) is 5.56 Å². The fourth-order valence-corrected chi connectivity index (χ4v) is 5.22. The van der Waals surface area contributed by atoms with Crippen molar-refractivity contribution in [2.75, 3.05) is 0 Å². The minimum absolute atomic E-state index is 0.0554. The van der Waals surface area contributed by atoms with Gasteiger partial charge in [-0.2, -0.15) is 4.98 Å². The van der Waals surface area contributed by atoms with E-state index in [2.05, 4.69) is 20.0 Å². The quantitative estimate of drug-likeness (QED) is 0.404. The van der Waals surface area contributed by atoms with E-state index in [4.69, 9.17) is 9.05 Å². The number of hydrogen-bond donors (Lipinski definition) is 1. The van der Waals surface area contributed by atoms with Gasteiger partial charge in [0, 0.05) is 18.5 Å². The predicted molar refractivity (Wildman–Crippen MR) is 119 cm³/mol. The molecule has 34 heavy (non-hydrogen) atoms. The number of hydrogen-bond acceptors (Lipinski definition) is 9. The maximum Gasteiger partial charge on any atom is 0.332 e. The molecule has 4 aromatic rings. The van der Waals surface area contributed by atoms with Crippen LogP contribution in [0.15, 0.2) is 47.8 Å². The van der Waals surface area contributed by atoms with Gasteiger partial charge in [0.2, 0.25) is 15.9 Å². The lowest BCUT2D eigenvalue weighted by Gasteiger charge is -2.15. The van der Waals surface area contributed by atoms with Crippen LogP contribution in [0.25, 0.3) is 10.9 Å². The molecule has 178 valence electrons. The van der Waals surface area contributed by atoms with Crippen molar-refractivity contribution < 1.29 is 17.5 Å². The third-order valence-corrected chi connectivity index (χ3v) is 7.38. The summed E-state index contributed by atoms with van der Waals surface area (Å²) in [5.41, 5.74) is -0.913. The molecule has 0 radical (unpaired) electrons. The summed E-state index contributed by atoms with van der Waals surface area (Å²) in [7, 11) is -3.86. The Morgan fingerprint density at radius 3 is 2.44 bits per heavy atom. The van der Waals surface area contributed by atoms with E-state index in [0.717, 1.165) is 17.4 Å². The van der Waals surface area contributed by atoms with E-state index in [1.165, 1.54) is 22.8 Å². The van der Waals surface area contributed by atoms with Crippen LogP contribution >= 0.6 is 0 Å². The first kappa shape index (κ1) is 22.2. The molecule has 1 aliphatic rings. The third kappa shape index (κ3) is 4.07. The van der Waals surface area contributed by atoms with Crippen molar-refractivity contribution in [3.8, 4) is 0 Å². The Hall–Kier alpha value is -3.58. The van der Waals surface area contributed by atoms with Gasteiger partial charge in [0.1, 0.15) is 0 Å². The summed E-state index contributed by atoms with van der Waals surface area (Å²) in [6.45, 7) is 4.91. The predicted octanol–water partition coefficient (Wildman–Crippen LogP) is 1.08. The van der Waals surface area contributed by atoms with Gasteiger partial charge in [-0.15, -0.1) is 0 Å². The number of benzene rings is 1. The lowest BCUT2D eigenvalue weighted by Crippen LogP contribution is -2.41. The van der Waals surface area contributed by atoms with Crippen molar-refractivity contribution in [3.05, 3.63) is 68.3 Å². The van der Waals surface area contributed by atoms with Crippen LogP contribution in [0.3, 0.4) is 0 Å². The lowest BCUT2D eigenvalue weighted by molar-refractivity contribution is 0.368. The highest BCUT2D eigenvalue weighted by Gasteiger charge is 2.41. The standard InChI is InChI=1S/C21H22N6O6S/c1-12-8-14(33-23-12)10-27-19(28)16-9-15(34(30,31)25-21(3)6-7-21)4-5-17(16)26(20(27)29)11-18-22-13(2)32-24-18/h4-5,8-9,25H,6-7,10-11H2,1-3H3. The molecule has 0 saturated heterocycles. The second-order valence-corrected chi connectivity index (χ2v) is 10.5. The summed E-state index contributed by atoms with van der Waals surface area (Å²) in [6, 6.07) is 5.71. The molecule has 0 spiro atoms. The van der Waals surface area contributed by atoms with Crippen LogP contribution in [0, 0.1) is 13.8 Å². The van der Waals surface area contributed by atoms with Crippen LogP contribution in [-0.2, 0) is 23.1 Å². The summed E-state index contributed by atoms with van der Waals surface area (Å²) in [5.74, 6) is 0.873. The van der Waals surface area contributed by atoms with Crippen LogP contribution in [-0.4, -0.2) is 38.4 Å². The number of nitrogens with zero attached hydrogens (tertiary/aromatic N) is 5. The van der Waals surface area contributed by atoms with Crippen molar-refractivity contribution in [2.45, 2.75) is 57.1 Å². The van der Waals surface area contributed by atoms with Crippen molar-refractivity contribution in [1.82, 2.24) is 29.2 Å². The minimum atomic E-state index is -3.86. The summed E-state index contributed by atoms with van der Waals surface area (Å²) >= 11 is 0. The second-order valence-electron chi connectivity index (χ2n) is 8.77. The van der Waals surface area contributed by atoms with Crippen molar-refractivity contribution in [2.24, 2.45) is 0 Å². The Balaban J connectivity index is 1.69. The zero-order chi connectivity index (χ0) is 24.3. The highest BCUT2D eigenvalue weighted by Crippen LogP contribution is 2.36. The summed E-state index contributed by atoms with van der Waals surface area (Å²) in [5, 5.41) is 7.68. The summed E-state index contributed by atoms with van der Waals surface area (Å²) in [4.78, 5) is 30.8.